The summed E-state index contributed by atoms with van der Waals surface area (Å²) in [5.41, 5.74) is 0.724. The third kappa shape index (κ3) is 3.54. The van der Waals surface area contributed by atoms with Gasteiger partial charge in [-0.25, -0.2) is 4.98 Å². The van der Waals surface area contributed by atoms with Crippen LogP contribution < -0.4 is 4.90 Å². The molecule has 1 N–H and O–H groups in total. The minimum atomic E-state index is 0.0849. The Bertz CT molecular complexity index is 548. The van der Waals surface area contributed by atoms with Gasteiger partial charge in [0.1, 0.15) is 5.82 Å². The number of carbonyl (C=O) groups is 1. The Balaban J connectivity index is 1.68. The van der Waals surface area contributed by atoms with Crippen LogP contribution >= 0.6 is 0 Å². The molecule has 0 radical (unpaired) electrons. The first-order valence-corrected chi connectivity index (χ1v) is 9.08. The van der Waals surface area contributed by atoms with Crippen LogP contribution in [0.15, 0.2) is 18.3 Å². The Morgan fingerprint density at radius 3 is 2.54 bits per heavy atom. The zero-order valence-corrected chi connectivity index (χ0v) is 14.5. The van der Waals surface area contributed by atoms with E-state index in [1.807, 2.05) is 17.0 Å². The second-order valence-corrected chi connectivity index (χ2v) is 6.64. The summed E-state index contributed by atoms with van der Waals surface area (Å²) < 4.78 is 0. The molecule has 1 aromatic rings. The molecule has 3 heterocycles. The van der Waals surface area contributed by atoms with Crippen molar-refractivity contribution in [2.45, 2.75) is 32.2 Å². The highest BCUT2D eigenvalue weighted by atomic mass is 16.3. The first kappa shape index (κ1) is 17.2. The number of carbonyl (C=O) groups excluding carboxylic acids is 1. The van der Waals surface area contributed by atoms with Crippen molar-refractivity contribution in [3.05, 3.63) is 23.9 Å². The van der Waals surface area contributed by atoms with Crippen LogP contribution in [0.25, 0.3) is 0 Å². The number of nitrogens with zero attached hydrogens (tertiary/aromatic N) is 4. The maximum Gasteiger partial charge on any atom is 0.257 e. The summed E-state index contributed by atoms with van der Waals surface area (Å²) in [5, 5.41) is 9.45. The van der Waals surface area contributed by atoms with Crippen LogP contribution in [0.4, 0.5) is 5.82 Å². The number of aliphatic hydroxyl groups is 1. The Hall–Kier alpha value is -1.66. The lowest BCUT2D eigenvalue weighted by atomic mass is 10.1. The van der Waals surface area contributed by atoms with Crippen LogP contribution in [0.3, 0.4) is 0 Å². The number of anilines is 1. The average Bonchev–Trinajstić information content (AvgIpc) is 3.17. The van der Waals surface area contributed by atoms with E-state index in [0.717, 1.165) is 44.0 Å². The number of rotatable bonds is 5. The van der Waals surface area contributed by atoms with Gasteiger partial charge in [-0.05, 0) is 31.4 Å². The monoisotopic (exact) mass is 332 g/mol. The molecule has 1 unspecified atom stereocenters. The molecule has 2 saturated heterocycles. The molecule has 3 rings (SSSR count). The highest BCUT2D eigenvalue weighted by Crippen LogP contribution is 2.23. The van der Waals surface area contributed by atoms with Gasteiger partial charge in [-0.1, -0.05) is 6.92 Å². The molecule has 2 aliphatic heterocycles. The summed E-state index contributed by atoms with van der Waals surface area (Å²) in [6.07, 6.45) is 5.05. The lowest BCUT2D eigenvalue weighted by Crippen LogP contribution is -2.52. The molecule has 1 aromatic heterocycles. The van der Waals surface area contributed by atoms with Crippen molar-refractivity contribution in [2.75, 3.05) is 50.8 Å². The second kappa shape index (κ2) is 7.94. The summed E-state index contributed by atoms with van der Waals surface area (Å²) in [7, 11) is 0. The molecule has 2 fully saturated rings. The van der Waals surface area contributed by atoms with Crippen LogP contribution in [0, 0.1) is 0 Å². The van der Waals surface area contributed by atoms with Crippen molar-refractivity contribution in [1.82, 2.24) is 14.8 Å². The lowest BCUT2D eigenvalue weighted by molar-refractivity contribution is 0.0472. The molecule has 6 heteroatoms. The van der Waals surface area contributed by atoms with Crippen molar-refractivity contribution < 1.29 is 9.90 Å². The molecule has 0 saturated carbocycles. The Morgan fingerprint density at radius 2 is 1.92 bits per heavy atom. The molecule has 24 heavy (non-hydrogen) atoms. The molecule has 0 aromatic carbocycles. The largest absolute Gasteiger partial charge is 0.395 e. The van der Waals surface area contributed by atoms with E-state index in [1.54, 1.807) is 6.20 Å². The van der Waals surface area contributed by atoms with E-state index < -0.39 is 0 Å². The predicted octanol–water partition coefficient (Wildman–Crippen LogP) is 1.21. The molecule has 0 spiro atoms. The van der Waals surface area contributed by atoms with Crippen molar-refractivity contribution in [2.24, 2.45) is 0 Å². The summed E-state index contributed by atoms with van der Waals surface area (Å²) in [4.78, 5) is 23.9. The molecule has 1 atom stereocenters. The van der Waals surface area contributed by atoms with Gasteiger partial charge in [-0.2, -0.15) is 0 Å². The Morgan fingerprint density at radius 1 is 1.21 bits per heavy atom. The van der Waals surface area contributed by atoms with Crippen LogP contribution in [-0.4, -0.2) is 77.7 Å². The number of aliphatic hydroxyl groups excluding tert-OH is 1. The Kier molecular flexibility index (Phi) is 5.68. The number of piperazine rings is 1. The van der Waals surface area contributed by atoms with Gasteiger partial charge in [0.05, 0.1) is 12.2 Å². The molecule has 1 amide bonds. The summed E-state index contributed by atoms with van der Waals surface area (Å²) in [5.74, 6) is 0.922. The number of amides is 1. The van der Waals surface area contributed by atoms with Gasteiger partial charge in [0.2, 0.25) is 0 Å². The summed E-state index contributed by atoms with van der Waals surface area (Å²) in [6, 6.07) is 3.96. The van der Waals surface area contributed by atoms with Crippen LogP contribution in [-0.2, 0) is 0 Å². The zero-order chi connectivity index (χ0) is 16.9. The minimum absolute atomic E-state index is 0.0849. The number of aromatic nitrogens is 1. The van der Waals surface area contributed by atoms with Gasteiger partial charge in [-0.3, -0.25) is 9.69 Å². The molecule has 2 aliphatic rings. The van der Waals surface area contributed by atoms with Gasteiger partial charge >= 0.3 is 0 Å². The number of hydrogen-bond donors (Lipinski definition) is 1. The fraction of sp³-hybridized carbons (Fsp3) is 0.667. The topological polar surface area (TPSA) is 59.9 Å². The molecular formula is C18H28N4O2. The van der Waals surface area contributed by atoms with Crippen LogP contribution in [0.1, 0.15) is 36.5 Å². The second-order valence-electron chi connectivity index (χ2n) is 6.64. The zero-order valence-electron chi connectivity index (χ0n) is 14.5. The van der Waals surface area contributed by atoms with Crippen molar-refractivity contribution in [3.63, 3.8) is 0 Å². The minimum Gasteiger partial charge on any atom is -0.395 e. The van der Waals surface area contributed by atoms with Gasteiger partial charge in [-0.15, -0.1) is 0 Å². The summed E-state index contributed by atoms with van der Waals surface area (Å²) >= 11 is 0. The molecule has 0 bridgehead atoms. The Labute approximate surface area is 144 Å². The van der Waals surface area contributed by atoms with E-state index >= 15 is 0 Å². The lowest BCUT2D eigenvalue weighted by Gasteiger charge is -2.38. The number of hydrogen-bond acceptors (Lipinski definition) is 5. The van der Waals surface area contributed by atoms with Crippen molar-refractivity contribution >= 4 is 11.7 Å². The third-order valence-electron chi connectivity index (χ3n) is 5.22. The van der Waals surface area contributed by atoms with Gasteiger partial charge in [0, 0.05) is 51.5 Å². The molecular weight excluding hydrogens is 304 g/mol. The van der Waals surface area contributed by atoms with Crippen LogP contribution in [0.5, 0.6) is 0 Å². The highest BCUT2D eigenvalue weighted by Gasteiger charge is 2.28. The average molecular weight is 332 g/mol. The van der Waals surface area contributed by atoms with Gasteiger partial charge < -0.3 is 14.9 Å². The van der Waals surface area contributed by atoms with E-state index in [1.165, 1.54) is 12.8 Å². The highest BCUT2D eigenvalue weighted by molar-refractivity contribution is 5.99. The number of pyridine rings is 1. The SMILES string of the molecule is CCC(CO)N1CCN(C(=O)c2cccnc2N2CCCC2)CC1. The predicted molar refractivity (Wildman–Crippen MR) is 94.3 cm³/mol. The standard InChI is InChI=1S/C18H28N4O2/c1-2-15(14-23)20-10-12-22(13-11-20)18(24)16-6-5-7-19-17(16)21-8-3-4-9-21/h5-7,15,23H,2-4,8-14H2,1H3. The van der Waals surface area contributed by atoms with Gasteiger partial charge in [0.15, 0.2) is 0 Å². The maximum atomic E-state index is 13.0. The quantitative estimate of drug-likeness (QED) is 0.878. The van der Waals surface area contributed by atoms with E-state index in [2.05, 4.69) is 21.7 Å². The maximum absolute atomic E-state index is 13.0. The molecule has 6 nitrogen and oxygen atoms in total. The van der Waals surface area contributed by atoms with E-state index in [9.17, 15) is 9.90 Å². The van der Waals surface area contributed by atoms with Crippen molar-refractivity contribution in [3.8, 4) is 0 Å². The molecule has 0 aliphatic carbocycles. The van der Waals surface area contributed by atoms with Crippen molar-refractivity contribution in [1.29, 1.82) is 0 Å². The molecule has 132 valence electrons. The van der Waals surface area contributed by atoms with Crippen LogP contribution in [0.2, 0.25) is 0 Å². The van der Waals surface area contributed by atoms with E-state index in [0.29, 0.717) is 13.1 Å². The first-order valence-electron chi connectivity index (χ1n) is 9.08. The van der Waals surface area contributed by atoms with E-state index in [4.69, 9.17) is 0 Å². The van der Waals surface area contributed by atoms with E-state index in [-0.39, 0.29) is 18.6 Å². The fourth-order valence-electron chi connectivity index (χ4n) is 3.71. The fourth-order valence-corrected chi connectivity index (χ4v) is 3.71. The first-order chi connectivity index (χ1) is 11.7. The normalized spacial score (nSPS) is 20.4. The summed E-state index contributed by atoms with van der Waals surface area (Å²) in [6.45, 7) is 7.32. The third-order valence-corrected chi connectivity index (χ3v) is 5.22. The smallest absolute Gasteiger partial charge is 0.257 e. The van der Waals surface area contributed by atoms with Gasteiger partial charge in [0.25, 0.3) is 5.91 Å².